The van der Waals surface area contributed by atoms with E-state index >= 15 is 0 Å². The highest BCUT2D eigenvalue weighted by Crippen LogP contribution is 2.29. The van der Waals surface area contributed by atoms with Crippen LogP contribution < -0.4 is 5.32 Å². The molecule has 3 rings (SSSR count). The number of hydrogen-bond donors (Lipinski definition) is 2. The fourth-order valence-corrected chi connectivity index (χ4v) is 3.16. The minimum atomic E-state index is -0.328. The van der Waals surface area contributed by atoms with E-state index in [1.54, 1.807) is 11.3 Å². The molecule has 0 spiro atoms. The van der Waals surface area contributed by atoms with Crippen LogP contribution in [0.3, 0.4) is 0 Å². The lowest BCUT2D eigenvalue weighted by Gasteiger charge is -2.01. The van der Waals surface area contributed by atoms with Crippen LogP contribution in [0.4, 0.5) is 0 Å². The summed E-state index contributed by atoms with van der Waals surface area (Å²) in [5, 5.41) is 18.5. The zero-order valence-electron chi connectivity index (χ0n) is 8.76. The first kappa shape index (κ1) is 11.3. The van der Waals surface area contributed by atoms with Crippen LogP contribution in [0.5, 0.6) is 0 Å². The van der Waals surface area contributed by atoms with E-state index in [2.05, 4.69) is 31.4 Å². The smallest absolute Gasteiger partial charge is 0.244 e. The van der Waals surface area contributed by atoms with Crippen LogP contribution >= 0.6 is 27.3 Å². The molecule has 0 saturated carbocycles. The van der Waals surface area contributed by atoms with Gasteiger partial charge >= 0.3 is 0 Å². The number of nitrogens with one attached hydrogen (secondary N) is 1. The Morgan fingerprint density at radius 3 is 3.12 bits per heavy atom. The van der Waals surface area contributed by atoms with Crippen molar-refractivity contribution < 1.29 is 9.63 Å². The molecule has 1 aliphatic heterocycles. The van der Waals surface area contributed by atoms with Crippen molar-refractivity contribution in [2.24, 2.45) is 0 Å². The summed E-state index contributed by atoms with van der Waals surface area (Å²) in [6.07, 6.45) is 0.293. The first-order valence-corrected chi connectivity index (χ1v) is 6.89. The molecule has 2 atom stereocenters. The largest absolute Gasteiger partial charge is 0.392 e. The number of aliphatic hydroxyl groups excluding tert-OH is 1. The first-order valence-electron chi connectivity index (χ1n) is 5.22. The van der Waals surface area contributed by atoms with Crippen molar-refractivity contribution in [2.75, 3.05) is 6.54 Å². The van der Waals surface area contributed by atoms with E-state index in [1.807, 2.05) is 11.4 Å². The fraction of sp³-hybridized carbons (Fsp3) is 0.400. The highest BCUT2D eigenvalue weighted by Gasteiger charge is 2.28. The second kappa shape index (κ2) is 4.49. The third-order valence-electron chi connectivity index (χ3n) is 2.64. The zero-order valence-corrected chi connectivity index (χ0v) is 11.2. The van der Waals surface area contributed by atoms with E-state index in [-0.39, 0.29) is 12.1 Å². The van der Waals surface area contributed by atoms with Crippen LogP contribution in [0.1, 0.15) is 18.4 Å². The summed E-state index contributed by atoms with van der Waals surface area (Å²) in [5.74, 6) is 1.14. The summed E-state index contributed by atoms with van der Waals surface area (Å²) < 4.78 is 6.23. The molecule has 17 heavy (non-hydrogen) atoms. The SMILES string of the molecule is O[C@@H]1CN[C@H](c2nc(-c3cc(Br)cs3)no2)C1. The molecule has 0 unspecified atom stereocenters. The average molecular weight is 316 g/mol. The number of aromatic nitrogens is 2. The third-order valence-corrected chi connectivity index (χ3v) is 4.32. The summed E-state index contributed by atoms with van der Waals surface area (Å²) in [6, 6.07) is 1.92. The quantitative estimate of drug-likeness (QED) is 0.886. The van der Waals surface area contributed by atoms with Crippen molar-refractivity contribution in [2.45, 2.75) is 18.6 Å². The Hall–Kier alpha value is -0.760. The molecule has 90 valence electrons. The van der Waals surface area contributed by atoms with Crippen LogP contribution in [0.15, 0.2) is 20.4 Å². The van der Waals surface area contributed by atoms with Crippen LogP contribution in [-0.2, 0) is 0 Å². The molecule has 0 aliphatic carbocycles. The summed E-state index contributed by atoms with van der Waals surface area (Å²) in [7, 11) is 0. The normalized spacial score (nSPS) is 24.4. The number of thiophene rings is 1. The van der Waals surface area contributed by atoms with Crippen LogP contribution in [-0.4, -0.2) is 27.9 Å². The van der Waals surface area contributed by atoms with E-state index in [0.717, 1.165) is 9.35 Å². The molecule has 1 aliphatic rings. The molecule has 7 heteroatoms. The van der Waals surface area contributed by atoms with E-state index in [9.17, 15) is 5.11 Å². The number of β-amino-alcohol motifs (C(OH)–C–C–N with tert-alkyl or cyclic N) is 1. The Bertz CT molecular complexity index is 527. The highest BCUT2D eigenvalue weighted by atomic mass is 79.9. The maximum atomic E-state index is 9.43. The zero-order chi connectivity index (χ0) is 11.8. The molecule has 1 fully saturated rings. The van der Waals surface area contributed by atoms with Gasteiger partial charge in [0, 0.05) is 16.4 Å². The molecule has 2 aromatic heterocycles. The lowest BCUT2D eigenvalue weighted by atomic mass is 10.2. The Labute approximate surface area is 110 Å². The van der Waals surface area contributed by atoms with E-state index in [0.29, 0.717) is 24.7 Å². The minimum Gasteiger partial charge on any atom is -0.392 e. The minimum absolute atomic E-state index is 0.0327. The molecule has 0 bridgehead atoms. The van der Waals surface area contributed by atoms with Gasteiger partial charge in [0.15, 0.2) is 0 Å². The summed E-state index contributed by atoms with van der Waals surface area (Å²) in [6.45, 7) is 0.576. The molecule has 5 nitrogen and oxygen atoms in total. The van der Waals surface area contributed by atoms with Gasteiger partial charge in [-0.3, -0.25) is 0 Å². The van der Waals surface area contributed by atoms with Gasteiger partial charge in [-0.15, -0.1) is 11.3 Å². The second-order valence-corrected chi connectivity index (χ2v) is 5.76. The van der Waals surface area contributed by atoms with Gasteiger partial charge in [0.1, 0.15) is 0 Å². The summed E-state index contributed by atoms with van der Waals surface area (Å²) in [4.78, 5) is 5.31. The number of halogens is 1. The third kappa shape index (κ3) is 2.28. The Morgan fingerprint density at radius 2 is 2.47 bits per heavy atom. The van der Waals surface area contributed by atoms with Gasteiger partial charge in [0.05, 0.1) is 17.0 Å². The van der Waals surface area contributed by atoms with Gasteiger partial charge in [0.25, 0.3) is 0 Å². The summed E-state index contributed by atoms with van der Waals surface area (Å²) >= 11 is 4.95. The first-order chi connectivity index (χ1) is 8.22. The molecule has 1 saturated heterocycles. The average Bonchev–Trinajstić information content (AvgIpc) is 2.96. The predicted molar refractivity (Wildman–Crippen MR) is 66.7 cm³/mol. The molecular formula is C10H10BrN3O2S. The Balaban J connectivity index is 1.83. The van der Waals surface area contributed by atoms with Crippen molar-refractivity contribution in [1.82, 2.24) is 15.5 Å². The lowest BCUT2D eigenvalue weighted by Crippen LogP contribution is -2.15. The summed E-state index contributed by atoms with van der Waals surface area (Å²) in [5.41, 5.74) is 0. The van der Waals surface area contributed by atoms with Crippen LogP contribution in [0.2, 0.25) is 0 Å². The van der Waals surface area contributed by atoms with E-state index in [1.165, 1.54) is 0 Å². The van der Waals surface area contributed by atoms with Gasteiger partial charge in [-0.1, -0.05) is 5.16 Å². The van der Waals surface area contributed by atoms with Gasteiger partial charge in [-0.05, 0) is 28.4 Å². The maximum Gasteiger partial charge on any atom is 0.244 e. The predicted octanol–water partition coefficient (Wildman–Crippen LogP) is 1.96. The van der Waals surface area contributed by atoms with Gasteiger partial charge in [-0.25, -0.2) is 0 Å². The molecule has 0 radical (unpaired) electrons. The standard InChI is InChI=1S/C10H10BrN3O2S/c11-5-1-8(17-4-5)9-13-10(16-14-9)7-2-6(15)3-12-7/h1,4,6-7,12,15H,2-3H2/t6-,7-/m0/s1. The number of nitrogens with zero attached hydrogens (tertiary/aromatic N) is 2. The lowest BCUT2D eigenvalue weighted by molar-refractivity contribution is 0.191. The van der Waals surface area contributed by atoms with Crippen molar-refractivity contribution in [3.63, 3.8) is 0 Å². The fourth-order valence-electron chi connectivity index (χ4n) is 1.81. The molecule has 0 aromatic carbocycles. The van der Waals surface area contributed by atoms with Crippen LogP contribution in [0.25, 0.3) is 10.7 Å². The Kier molecular flexibility index (Phi) is 2.99. The van der Waals surface area contributed by atoms with Gasteiger partial charge < -0.3 is 14.9 Å². The molecule has 3 heterocycles. The highest BCUT2D eigenvalue weighted by molar-refractivity contribution is 9.10. The van der Waals surface area contributed by atoms with Crippen LogP contribution in [0, 0.1) is 0 Å². The number of hydrogen-bond acceptors (Lipinski definition) is 6. The maximum absolute atomic E-state index is 9.43. The second-order valence-electron chi connectivity index (χ2n) is 3.94. The monoisotopic (exact) mass is 315 g/mol. The topological polar surface area (TPSA) is 71.2 Å². The van der Waals surface area contributed by atoms with Crippen molar-refractivity contribution in [3.8, 4) is 10.7 Å². The van der Waals surface area contributed by atoms with Crippen molar-refractivity contribution >= 4 is 27.3 Å². The molecular weight excluding hydrogens is 306 g/mol. The molecule has 0 amide bonds. The van der Waals surface area contributed by atoms with Gasteiger partial charge in [0.2, 0.25) is 11.7 Å². The van der Waals surface area contributed by atoms with Crippen molar-refractivity contribution in [1.29, 1.82) is 0 Å². The Morgan fingerprint density at radius 1 is 1.59 bits per heavy atom. The van der Waals surface area contributed by atoms with Gasteiger partial charge in [-0.2, -0.15) is 4.98 Å². The van der Waals surface area contributed by atoms with Crippen molar-refractivity contribution in [3.05, 3.63) is 21.8 Å². The van der Waals surface area contributed by atoms with E-state index in [4.69, 9.17) is 4.52 Å². The van der Waals surface area contributed by atoms with E-state index < -0.39 is 0 Å². The number of aliphatic hydroxyl groups is 1. The molecule has 2 N–H and O–H groups in total. The molecule has 2 aromatic rings. The number of rotatable bonds is 2.